The van der Waals surface area contributed by atoms with Gasteiger partial charge in [0.25, 0.3) is 5.91 Å². The maximum absolute atomic E-state index is 13.0. The van der Waals surface area contributed by atoms with Crippen LogP contribution in [0.3, 0.4) is 0 Å². The maximum Gasteiger partial charge on any atom is 0.410 e. The molecule has 2 aliphatic heterocycles. The molecule has 0 bridgehead atoms. The average Bonchev–Trinajstić information content (AvgIpc) is 2.99. The van der Waals surface area contributed by atoms with Gasteiger partial charge in [0, 0.05) is 36.0 Å². The van der Waals surface area contributed by atoms with Gasteiger partial charge in [0.15, 0.2) is 0 Å². The molecule has 0 fully saturated rings. The molecule has 1 atom stereocenters. The fraction of sp³-hybridized carbons (Fsp3) is 0.333. The van der Waals surface area contributed by atoms with Crippen molar-refractivity contribution in [2.75, 3.05) is 25.6 Å². The Morgan fingerprint density at radius 1 is 1.05 bits per heavy atom. The number of methoxy groups -OCH3 is 1. The molecular formula is C33H33N3O7. The highest BCUT2D eigenvalue weighted by molar-refractivity contribution is 6.04. The second-order valence-electron chi connectivity index (χ2n) is 11.4. The Hall–Kier alpha value is -5.04. The number of nitrogens with zero attached hydrogens (tertiary/aromatic N) is 2. The molecule has 10 nitrogen and oxygen atoms in total. The first-order chi connectivity index (χ1) is 20.5. The van der Waals surface area contributed by atoms with Crippen molar-refractivity contribution in [3.05, 3.63) is 82.4 Å². The predicted octanol–water partition coefficient (Wildman–Crippen LogP) is 5.94. The van der Waals surface area contributed by atoms with Crippen molar-refractivity contribution in [2.45, 2.75) is 51.7 Å². The molecule has 1 N–H and O–H groups in total. The number of carbonyl (C=O) groups is 3. The van der Waals surface area contributed by atoms with Crippen LogP contribution in [-0.4, -0.2) is 48.7 Å². The molecule has 3 aromatic carbocycles. The van der Waals surface area contributed by atoms with Crippen molar-refractivity contribution in [2.24, 2.45) is 0 Å². The van der Waals surface area contributed by atoms with Crippen LogP contribution in [0, 0.1) is 11.3 Å². The number of nitrogens with one attached hydrogen (secondary N) is 1. The van der Waals surface area contributed by atoms with E-state index < -0.39 is 11.5 Å². The van der Waals surface area contributed by atoms with E-state index in [0.717, 1.165) is 11.1 Å². The van der Waals surface area contributed by atoms with Gasteiger partial charge in [0.05, 0.1) is 25.2 Å². The molecule has 3 aromatic rings. The Bertz CT molecular complexity index is 1600. The van der Waals surface area contributed by atoms with E-state index in [9.17, 15) is 19.6 Å². The van der Waals surface area contributed by atoms with Gasteiger partial charge in [-0.15, -0.1) is 0 Å². The molecule has 2 amide bonds. The largest absolute Gasteiger partial charge is 0.493 e. The van der Waals surface area contributed by atoms with Crippen LogP contribution < -0.4 is 14.8 Å². The summed E-state index contributed by atoms with van der Waals surface area (Å²) in [4.78, 5) is 39.4. The van der Waals surface area contributed by atoms with Gasteiger partial charge in [-0.1, -0.05) is 6.07 Å². The molecule has 2 heterocycles. The third kappa shape index (κ3) is 6.72. The molecule has 43 heavy (non-hydrogen) atoms. The number of esters is 1. The summed E-state index contributed by atoms with van der Waals surface area (Å²) in [5.41, 5.74) is 3.38. The Balaban J connectivity index is 1.26. The van der Waals surface area contributed by atoms with Gasteiger partial charge in [-0.05, 0) is 87.2 Å². The van der Waals surface area contributed by atoms with Crippen LogP contribution in [0.4, 0.5) is 10.5 Å². The van der Waals surface area contributed by atoms with Crippen LogP contribution >= 0.6 is 0 Å². The molecule has 0 saturated heterocycles. The van der Waals surface area contributed by atoms with Crippen LogP contribution in [0.2, 0.25) is 0 Å². The Labute approximate surface area is 250 Å². The SMILES string of the molecule is COC(=O)C1CCOc2cc(Oc3ccc(C(=O)Nc4ccc5c(c4)CN(C(=O)OC(C)(C)C)CC5)cc3)c(C#N)cc21. The molecule has 0 spiro atoms. The third-order valence-corrected chi connectivity index (χ3v) is 7.23. The minimum Gasteiger partial charge on any atom is -0.493 e. The number of anilines is 1. The Kier molecular flexibility index (Phi) is 8.26. The lowest BCUT2D eigenvalue weighted by molar-refractivity contribution is -0.143. The number of amides is 2. The van der Waals surface area contributed by atoms with Gasteiger partial charge in [-0.3, -0.25) is 9.59 Å². The van der Waals surface area contributed by atoms with E-state index in [1.54, 1.807) is 41.3 Å². The van der Waals surface area contributed by atoms with E-state index in [-0.39, 0.29) is 29.3 Å². The van der Waals surface area contributed by atoms with Gasteiger partial charge >= 0.3 is 12.1 Å². The lowest BCUT2D eigenvalue weighted by atomic mass is 9.91. The first-order valence-corrected chi connectivity index (χ1v) is 14.0. The summed E-state index contributed by atoms with van der Waals surface area (Å²) in [6.45, 7) is 6.83. The number of hydrogen-bond donors (Lipinski definition) is 1. The molecule has 5 rings (SSSR count). The predicted molar refractivity (Wildman–Crippen MR) is 157 cm³/mol. The summed E-state index contributed by atoms with van der Waals surface area (Å²) in [6.07, 6.45) is 0.814. The van der Waals surface area contributed by atoms with Crippen LogP contribution in [-0.2, 0) is 27.2 Å². The van der Waals surface area contributed by atoms with E-state index in [4.69, 9.17) is 18.9 Å². The molecule has 10 heteroatoms. The van der Waals surface area contributed by atoms with Crippen molar-refractivity contribution >= 4 is 23.7 Å². The summed E-state index contributed by atoms with van der Waals surface area (Å²) in [6, 6.07) is 17.5. The molecule has 0 aromatic heterocycles. The zero-order chi connectivity index (χ0) is 30.7. The van der Waals surface area contributed by atoms with Gasteiger partial charge in [-0.2, -0.15) is 5.26 Å². The first-order valence-electron chi connectivity index (χ1n) is 14.0. The van der Waals surface area contributed by atoms with Crippen molar-refractivity contribution in [1.29, 1.82) is 5.26 Å². The van der Waals surface area contributed by atoms with Crippen LogP contribution in [0.5, 0.6) is 17.2 Å². The quantitative estimate of drug-likeness (QED) is 0.366. The number of nitriles is 1. The first kappa shape index (κ1) is 29.5. The van der Waals surface area contributed by atoms with Crippen molar-refractivity contribution < 1.29 is 33.3 Å². The van der Waals surface area contributed by atoms with Crippen LogP contribution in [0.15, 0.2) is 54.6 Å². The van der Waals surface area contributed by atoms with Gasteiger partial charge in [-0.25, -0.2) is 4.79 Å². The number of fused-ring (bicyclic) bond motifs is 2. The standard InChI is InChI=1S/C33H33N3O7/c1-33(2,3)43-32(39)36-13-11-20-5-8-24(15-23(20)19-36)35-30(37)21-6-9-25(10-7-21)42-28-17-29-27(16-22(28)18-34)26(12-14-41-29)31(38)40-4/h5-10,15-17,26H,11-14,19H2,1-4H3,(H,35,37). The molecule has 0 aliphatic carbocycles. The second-order valence-corrected chi connectivity index (χ2v) is 11.4. The van der Waals surface area contributed by atoms with E-state index in [0.29, 0.717) is 60.9 Å². The number of carbonyl (C=O) groups excluding carboxylic acids is 3. The highest BCUT2D eigenvalue weighted by Crippen LogP contribution is 2.40. The normalized spacial score (nSPS) is 15.6. The lowest BCUT2D eigenvalue weighted by Gasteiger charge is -2.31. The van der Waals surface area contributed by atoms with E-state index in [1.807, 2.05) is 39.0 Å². The minimum absolute atomic E-state index is 0.248. The zero-order valence-electron chi connectivity index (χ0n) is 24.6. The number of hydrogen-bond acceptors (Lipinski definition) is 8. The van der Waals surface area contributed by atoms with Crippen molar-refractivity contribution in [3.63, 3.8) is 0 Å². The van der Waals surface area contributed by atoms with Gasteiger partial charge in [0.1, 0.15) is 28.9 Å². The molecule has 2 aliphatic rings. The molecular weight excluding hydrogens is 550 g/mol. The highest BCUT2D eigenvalue weighted by atomic mass is 16.6. The summed E-state index contributed by atoms with van der Waals surface area (Å²) in [5.74, 6) is -0.0328. The van der Waals surface area contributed by atoms with Crippen molar-refractivity contribution in [3.8, 4) is 23.3 Å². The third-order valence-electron chi connectivity index (χ3n) is 7.23. The highest BCUT2D eigenvalue weighted by Gasteiger charge is 2.30. The average molecular weight is 584 g/mol. The van der Waals surface area contributed by atoms with E-state index in [1.165, 1.54) is 7.11 Å². The van der Waals surface area contributed by atoms with Crippen molar-refractivity contribution in [1.82, 2.24) is 4.90 Å². The molecule has 0 radical (unpaired) electrons. The molecule has 222 valence electrons. The maximum atomic E-state index is 13.0. The second kappa shape index (κ2) is 12.1. The monoisotopic (exact) mass is 583 g/mol. The van der Waals surface area contributed by atoms with Crippen LogP contribution in [0.25, 0.3) is 0 Å². The summed E-state index contributed by atoms with van der Waals surface area (Å²) >= 11 is 0. The van der Waals surface area contributed by atoms with E-state index in [2.05, 4.69) is 11.4 Å². The fourth-order valence-electron chi connectivity index (χ4n) is 5.10. The lowest BCUT2D eigenvalue weighted by Crippen LogP contribution is -2.39. The number of benzene rings is 3. The topological polar surface area (TPSA) is 127 Å². The van der Waals surface area contributed by atoms with Gasteiger partial charge in [0.2, 0.25) is 0 Å². The minimum atomic E-state index is -0.573. The fourth-order valence-corrected chi connectivity index (χ4v) is 5.10. The smallest absolute Gasteiger partial charge is 0.410 e. The van der Waals surface area contributed by atoms with Gasteiger partial charge < -0.3 is 29.2 Å². The number of ether oxygens (including phenoxy) is 4. The summed E-state index contributed by atoms with van der Waals surface area (Å²) < 4.78 is 22.1. The van der Waals surface area contributed by atoms with E-state index >= 15 is 0 Å². The molecule has 0 saturated carbocycles. The zero-order valence-corrected chi connectivity index (χ0v) is 24.6. The summed E-state index contributed by atoms with van der Waals surface area (Å²) in [7, 11) is 1.33. The summed E-state index contributed by atoms with van der Waals surface area (Å²) in [5, 5.41) is 12.7. The van der Waals surface area contributed by atoms with Crippen LogP contribution in [0.1, 0.15) is 65.7 Å². The number of rotatable bonds is 5. The molecule has 1 unspecified atom stereocenters. The Morgan fingerprint density at radius 3 is 2.51 bits per heavy atom. The Morgan fingerprint density at radius 2 is 1.81 bits per heavy atom.